The van der Waals surface area contributed by atoms with Gasteiger partial charge in [-0.2, -0.15) is 0 Å². The molecule has 0 aromatic carbocycles. The Balaban J connectivity index is 3.45. The summed E-state index contributed by atoms with van der Waals surface area (Å²) < 4.78 is 0. The molecule has 0 fully saturated rings. The third kappa shape index (κ3) is 6.18. The summed E-state index contributed by atoms with van der Waals surface area (Å²) in [5.74, 6) is 2.44. The van der Waals surface area contributed by atoms with Gasteiger partial charge in [0, 0.05) is 13.0 Å². The Hall–Kier alpha value is -1.01. The number of nitrogens with two attached hydrogens (primary N) is 1. The van der Waals surface area contributed by atoms with E-state index >= 15 is 0 Å². The van der Waals surface area contributed by atoms with E-state index in [1.807, 2.05) is 6.92 Å². The minimum absolute atomic E-state index is 0.0705. The molecular weight excluding hydrogens is 164 g/mol. The van der Waals surface area contributed by atoms with E-state index in [4.69, 9.17) is 12.2 Å². The zero-order valence-electron chi connectivity index (χ0n) is 8.18. The predicted octanol–water partition coefficient (Wildman–Crippen LogP) is 0.643. The summed E-state index contributed by atoms with van der Waals surface area (Å²) in [5, 5.41) is 2.74. The van der Waals surface area contributed by atoms with E-state index in [2.05, 4.69) is 11.2 Å². The van der Waals surface area contributed by atoms with E-state index in [0.717, 1.165) is 19.3 Å². The number of terminal acetylenes is 1. The first-order valence-corrected chi connectivity index (χ1v) is 4.69. The van der Waals surface area contributed by atoms with Gasteiger partial charge in [-0.3, -0.25) is 4.79 Å². The van der Waals surface area contributed by atoms with Gasteiger partial charge in [0.25, 0.3) is 0 Å². The fourth-order valence-corrected chi connectivity index (χ4v) is 0.975. The van der Waals surface area contributed by atoms with Crippen molar-refractivity contribution in [2.45, 2.75) is 38.6 Å². The van der Waals surface area contributed by atoms with Gasteiger partial charge in [-0.25, -0.2) is 0 Å². The van der Waals surface area contributed by atoms with E-state index in [-0.39, 0.29) is 11.9 Å². The lowest BCUT2D eigenvalue weighted by molar-refractivity contribution is -0.122. The first-order valence-electron chi connectivity index (χ1n) is 4.69. The molecule has 3 N–H and O–H groups in total. The number of carbonyl (C=O) groups excluding carboxylic acids is 1. The molecule has 13 heavy (non-hydrogen) atoms. The summed E-state index contributed by atoms with van der Waals surface area (Å²) in [6.07, 6.45) is 8.25. The number of hydrogen-bond acceptors (Lipinski definition) is 2. The molecule has 0 bridgehead atoms. The second-order valence-corrected chi connectivity index (χ2v) is 2.99. The van der Waals surface area contributed by atoms with Crippen LogP contribution in [-0.2, 0) is 4.79 Å². The van der Waals surface area contributed by atoms with Crippen LogP contribution in [0.5, 0.6) is 0 Å². The summed E-state index contributed by atoms with van der Waals surface area (Å²) in [5.41, 5.74) is 5.59. The van der Waals surface area contributed by atoms with Gasteiger partial charge in [0.05, 0.1) is 6.04 Å². The SMILES string of the molecule is C#CCCCNC(=O)[C@H](N)CCC. The minimum Gasteiger partial charge on any atom is -0.355 e. The van der Waals surface area contributed by atoms with Gasteiger partial charge in [0.1, 0.15) is 0 Å². The summed E-state index contributed by atoms with van der Waals surface area (Å²) in [6, 6.07) is -0.365. The fraction of sp³-hybridized carbons (Fsp3) is 0.700. The van der Waals surface area contributed by atoms with Crippen LogP contribution >= 0.6 is 0 Å². The highest BCUT2D eigenvalue weighted by Gasteiger charge is 2.10. The average molecular weight is 182 g/mol. The summed E-state index contributed by atoms with van der Waals surface area (Å²) in [4.78, 5) is 11.2. The Kier molecular flexibility index (Phi) is 7.04. The van der Waals surface area contributed by atoms with Crippen LogP contribution in [0.15, 0.2) is 0 Å². The van der Waals surface area contributed by atoms with Crippen molar-refractivity contribution >= 4 is 5.91 Å². The van der Waals surface area contributed by atoms with Crippen LogP contribution in [0.2, 0.25) is 0 Å². The number of nitrogens with one attached hydrogen (secondary N) is 1. The van der Waals surface area contributed by atoms with Gasteiger partial charge in [0.2, 0.25) is 5.91 Å². The highest BCUT2D eigenvalue weighted by molar-refractivity contribution is 5.81. The maximum Gasteiger partial charge on any atom is 0.236 e. The van der Waals surface area contributed by atoms with Crippen LogP contribution in [0.3, 0.4) is 0 Å². The summed E-state index contributed by atoms with van der Waals surface area (Å²) >= 11 is 0. The minimum atomic E-state index is -0.365. The van der Waals surface area contributed by atoms with Gasteiger partial charge >= 0.3 is 0 Å². The van der Waals surface area contributed by atoms with Gasteiger partial charge in [0.15, 0.2) is 0 Å². The topological polar surface area (TPSA) is 55.1 Å². The molecule has 0 radical (unpaired) electrons. The van der Waals surface area contributed by atoms with E-state index < -0.39 is 0 Å². The molecule has 0 saturated heterocycles. The maximum absolute atomic E-state index is 11.2. The van der Waals surface area contributed by atoms with Gasteiger partial charge in [-0.1, -0.05) is 13.3 Å². The molecule has 0 aromatic heterocycles. The van der Waals surface area contributed by atoms with Gasteiger partial charge in [-0.05, 0) is 12.8 Å². The van der Waals surface area contributed by atoms with Crippen molar-refractivity contribution in [2.24, 2.45) is 5.73 Å². The Labute approximate surface area is 80.1 Å². The smallest absolute Gasteiger partial charge is 0.236 e. The van der Waals surface area contributed by atoms with Crippen molar-refractivity contribution < 1.29 is 4.79 Å². The number of amides is 1. The van der Waals surface area contributed by atoms with Crippen LogP contribution in [-0.4, -0.2) is 18.5 Å². The molecule has 3 heteroatoms. The monoisotopic (exact) mass is 182 g/mol. The number of carbonyl (C=O) groups is 1. The molecule has 0 aliphatic heterocycles. The van der Waals surface area contributed by atoms with E-state index in [1.165, 1.54) is 0 Å². The lowest BCUT2D eigenvalue weighted by Crippen LogP contribution is -2.40. The molecule has 1 atom stereocenters. The normalized spacial score (nSPS) is 11.8. The average Bonchev–Trinajstić information content (AvgIpc) is 2.12. The molecule has 0 unspecified atom stereocenters. The Bertz CT molecular complexity index is 184. The summed E-state index contributed by atoms with van der Waals surface area (Å²) in [6.45, 7) is 2.63. The van der Waals surface area contributed by atoms with Crippen LogP contribution in [0.25, 0.3) is 0 Å². The highest BCUT2D eigenvalue weighted by Crippen LogP contribution is 1.93. The number of hydrogen-bond donors (Lipinski definition) is 2. The van der Waals surface area contributed by atoms with Gasteiger partial charge < -0.3 is 11.1 Å². The fourth-order valence-electron chi connectivity index (χ4n) is 0.975. The van der Waals surface area contributed by atoms with E-state index in [1.54, 1.807) is 0 Å². The molecule has 0 aromatic rings. The Morgan fingerprint density at radius 3 is 2.92 bits per heavy atom. The second-order valence-electron chi connectivity index (χ2n) is 2.99. The highest BCUT2D eigenvalue weighted by atomic mass is 16.2. The van der Waals surface area contributed by atoms with Crippen molar-refractivity contribution in [1.82, 2.24) is 5.32 Å². The zero-order chi connectivity index (χ0) is 10.1. The molecular formula is C10H18N2O. The summed E-state index contributed by atoms with van der Waals surface area (Å²) in [7, 11) is 0. The molecule has 0 aliphatic carbocycles. The maximum atomic E-state index is 11.2. The van der Waals surface area contributed by atoms with Crippen LogP contribution in [0.1, 0.15) is 32.6 Å². The number of rotatable bonds is 6. The molecule has 3 nitrogen and oxygen atoms in total. The van der Waals surface area contributed by atoms with Crippen molar-refractivity contribution in [2.75, 3.05) is 6.54 Å². The molecule has 0 spiro atoms. The third-order valence-corrected chi connectivity index (χ3v) is 1.73. The molecule has 0 rings (SSSR count). The lowest BCUT2D eigenvalue weighted by atomic mass is 10.1. The quantitative estimate of drug-likeness (QED) is 0.468. The molecule has 0 aliphatic rings. The predicted molar refractivity (Wildman–Crippen MR) is 54.0 cm³/mol. The molecule has 0 heterocycles. The first kappa shape index (κ1) is 12.0. The standard InChI is InChI=1S/C10H18N2O/c1-3-5-6-8-12-10(13)9(11)7-4-2/h1,9H,4-8,11H2,2H3,(H,12,13)/t9-/m1/s1. The van der Waals surface area contributed by atoms with Crippen LogP contribution in [0, 0.1) is 12.3 Å². The van der Waals surface area contributed by atoms with Crippen LogP contribution in [0.4, 0.5) is 0 Å². The second kappa shape index (κ2) is 7.63. The van der Waals surface area contributed by atoms with Crippen molar-refractivity contribution in [3.8, 4) is 12.3 Å². The molecule has 1 amide bonds. The van der Waals surface area contributed by atoms with Crippen molar-refractivity contribution in [3.63, 3.8) is 0 Å². The van der Waals surface area contributed by atoms with E-state index in [9.17, 15) is 4.79 Å². The van der Waals surface area contributed by atoms with Crippen molar-refractivity contribution in [3.05, 3.63) is 0 Å². The Morgan fingerprint density at radius 2 is 2.38 bits per heavy atom. The van der Waals surface area contributed by atoms with Crippen molar-refractivity contribution in [1.29, 1.82) is 0 Å². The zero-order valence-corrected chi connectivity index (χ0v) is 8.18. The molecule has 0 saturated carbocycles. The van der Waals surface area contributed by atoms with Crippen LogP contribution < -0.4 is 11.1 Å². The van der Waals surface area contributed by atoms with Gasteiger partial charge in [-0.15, -0.1) is 12.3 Å². The largest absolute Gasteiger partial charge is 0.355 e. The first-order chi connectivity index (χ1) is 6.22. The lowest BCUT2D eigenvalue weighted by Gasteiger charge is -2.10. The Morgan fingerprint density at radius 1 is 1.69 bits per heavy atom. The molecule has 74 valence electrons. The van der Waals surface area contributed by atoms with E-state index in [0.29, 0.717) is 13.0 Å². The number of unbranched alkanes of at least 4 members (excludes halogenated alkanes) is 1. The third-order valence-electron chi connectivity index (χ3n) is 1.73.